The van der Waals surface area contributed by atoms with Crippen LogP contribution in [0.3, 0.4) is 0 Å². The molecule has 0 saturated heterocycles. The van der Waals surface area contributed by atoms with Crippen LogP contribution in [-0.4, -0.2) is 21.8 Å². The Bertz CT molecular complexity index is 299. The Kier molecular flexibility index (Phi) is 2.82. The third-order valence-corrected chi connectivity index (χ3v) is 2.96. The van der Waals surface area contributed by atoms with Gasteiger partial charge in [-0.1, -0.05) is 12.8 Å². The van der Waals surface area contributed by atoms with Crippen LogP contribution in [0.25, 0.3) is 0 Å². The Balaban J connectivity index is 2.24. The molecule has 1 heterocycles. The van der Waals surface area contributed by atoms with Crippen molar-refractivity contribution in [2.75, 3.05) is 7.05 Å². The van der Waals surface area contributed by atoms with Crippen LogP contribution in [-0.2, 0) is 6.54 Å². The summed E-state index contributed by atoms with van der Waals surface area (Å²) in [4.78, 5) is 0. The number of rotatable bonds is 3. The Hall–Kier alpha value is -0.900. The molecule has 78 valence electrons. The fourth-order valence-electron chi connectivity index (χ4n) is 2.33. The topological polar surface area (TPSA) is 42.7 Å². The Morgan fingerprint density at radius 2 is 2.07 bits per heavy atom. The zero-order valence-electron chi connectivity index (χ0n) is 8.95. The minimum absolute atomic E-state index is 0.647. The highest BCUT2D eigenvalue weighted by atomic mass is 15.3. The summed E-state index contributed by atoms with van der Waals surface area (Å²) in [5.41, 5.74) is 0. The van der Waals surface area contributed by atoms with Crippen molar-refractivity contribution >= 4 is 0 Å². The van der Waals surface area contributed by atoms with Crippen LogP contribution < -0.4 is 5.32 Å². The van der Waals surface area contributed by atoms with E-state index in [1.54, 1.807) is 0 Å². The number of aryl methyl sites for hydroxylation is 1. The van der Waals surface area contributed by atoms with Gasteiger partial charge in [0.15, 0.2) is 0 Å². The molecule has 0 amide bonds. The predicted octanol–water partition coefficient (Wildman–Crippen LogP) is 1.42. The van der Waals surface area contributed by atoms with Crippen LogP contribution in [0, 0.1) is 6.92 Å². The summed E-state index contributed by atoms with van der Waals surface area (Å²) in [6.07, 6.45) is 5.27. The van der Waals surface area contributed by atoms with Crippen LogP contribution in [0.2, 0.25) is 0 Å². The molecular formula is C10H18N4. The summed E-state index contributed by atoms with van der Waals surface area (Å²) in [6, 6.07) is 0.647. The van der Waals surface area contributed by atoms with Crippen LogP contribution in [0.4, 0.5) is 0 Å². The Labute approximate surface area is 84.7 Å². The van der Waals surface area contributed by atoms with Gasteiger partial charge >= 0.3 is 0 Å². The van der Waals surface area contributed by atoms with E-state index < -0.39 is 0 Å². The standard InChI is InChI=1S/C10H18N4/c1-8-12-13-10(7-11-2)14(8)9-5-3-4-6-9/h9,11H,3-7H2,1-2H3. The van der Waals surface area contributed by atoms with Gasteiger partial charge in [-0.3, -0.25) is 0 Å². The second-order valence-corrected chi connectivity index (χ2v) is 4.00. The van der Waals surface area contributed by atoms with Gasteiger partial charge in [-0.15, -0.1) is 10.2 Å². The van der Waals surface area contributed by atoms with Crippen molar-refractivity contribution in [2.24, 2.45) is 0 Å². The molecule has 0 radical (unpaired) electrons. The fourth-order valence-corrected chi connectivity index (χ4v) is 2.33. The lowest BCUT2D eigenvalue weighted by Crippen LogP contribution is -2.16. The van der Waals surface area contributed by atoms with Crippen molar-refractivity contribution < 1.29 is 0 Å². The van der Waals surface area contributed by atoms with Gasteiger partial charge in [0.25, 0.3) is 0 Å². The highest BCUT2D eigenvalue weighted by Gasteiger charge is 2.21. The largest absolute Gasteiger partial charge is 0.313 e. The maximum Gasteiger partial charge on any atom is 0.147 e. The maximum absolute atomic E-state index is 4.20. The minimum atomic E-state index is 0.647. The first-order valence-electron chi connectivity index (χ1n) is 5.38. The first-order valence-corrected chi connectivity index (χ1v) is 5.38. The molecule has 1 aromatic heterocycles. The van der Waals surface area contributed by atoms with E-state index in [4.69, 9.17) is 0 Å². The van der Waals surface area contributed by atoms with Gasteiger partial charge in [0, 0.05) is 6.04 Å². The van der Waals surface area contributed by atoms with Crippen molar-refractivity contribution in [2.45, 2.75) is 45.2 Å². The van der Waals surface area contributed by atoms with E-state index in [2.05, 4.69) is 20.1 Å². The first-order chi connectivity index (χ1) is 6.83. The normalized spacial score (nSPS) is 17.9. The molecule has 14 heavy (non-hydrogen) atoms. The lowest BCUT2D eigenvalue weighted by molar-refractivity contribution is 0.480. The van der Waals surface area contributed by atoms with Crippen molar-refractivity contribution in [3.63, 3.8) is 0 Å². The van der Waals surface area contributed by atoms with Gasteiger partial charge in [0.2, 0.25) is 0 Å². The molecule has 1 aromatic rings. The molecule has 1 N–H and O–H groups in total. The van der Waals surface area contributed by atoms with Gasteiger partial charge in [-0.25, -0.2) is 0 Å². The Morgan fingerprint density at radius 1 is 1.36 bits per heavy atom. The minimum Gasteiger partial charge on any atom is -0.313 e. The molecule has 1 fully saturated rings. The average molecular weight is 194 g/mol. The number of nitrogens with one attached hydrogen (secondary N) is 1. The van der Waals surface area contributed by atoms with Crippen LogP contribution in [0.5, 0.6) is 0 Å². The highest BCUT2D eigenvalue weighted by Crippen LogP contribution is 2.30. The average Bonchev–Trinajstić information content (AvgIpc) is 2.76. The van der Waals surface area contributed by atoms with Crippen molar-refractivity contribution in [1.82, 2.24) is 20.1 Å². The monoisotopic (exact) mass is 194 g/mol. The fraction of sp³-hybridized carbons (Fsp3) is 0.800. The lowest BCUT2D eigenvalue weighted by atomic mass is 10.2. The van der Waals surface area contributed by atoms with Gasteiger partial charge in [-0.2, -0.15) is 0 Å². The van der Waals surface area contributed by atoms with E-state index >= 15 is 0 Å². The summed E-state index contributed by atoms with van der Waals surface area (Å²) >= 11 is 0. The molecule has 0 unspecified atom stereocenters. The lowest BCUT2D eigenvalue weighted by Gasteiger charge is -2.15. The van der Waals surface area contributed by atoms with E-state index in [0.29, 0.717) is 6.04 Å². The molecule has 0 atom stereocenters. The molecule has 0 aromatic carbocycles. The van der Waals surface area contributed by atoms with Crippen molar-refractivity contribution in [3.8, 4) is 0 Å². The summed E-state index contributed by atoms with van der Waals surface area (Å²) in [7, 11) is 1.95. The second-order valence-electron chi connectivity index (χ2n) is 4.00. The maximum atomic E-state index is 4.20. The second kappa shape index (κ2) is 4.09. The molecule has 1 aliphatic carbocycles. The van der Waals surface area contributed by atoms with E-state index in [0.717, 1.165) is 18.2 Å². The third-order valence-electron chi connectivity index (χ3n) is 2.96. The number of nitrogens with zero attached hydrogens (tertiary/aromatic N) is 3. The summed E-state index contributed by atoms with van der Waals surface area (Å²) in [6.45, 7) is 2.86. The zero-order chi connectivity index (χ0) is 9.97. The number of hydrogen-bond donors (Lipinski definition) is 1. The quantitative estimate of drug-likeness (QED) is 0.791. The van der Waals surface area contributed by atoms with E-state index in [-0.39, 0.29) is 0 Å². The summed E-state index contributed by atoms with van der Waals surface area (Å²) in [5.74, 6) is 2.14. The first kappa shape index (κ1) is 9.65. The molecule has 1 aliphatic rings. The summed E-state index contributed by atoms with van der Waals surface area (Å²) in [5, 5.41) is 11.5. The van der Waals surface area contributed by atoms with Gasteiger partial charge in [-0.05, 0) is 26.8 Å². The highest BCUT2D eigenvalue weighted by molar-refractivity contribution is 4.98. The molecule has 0 bridgehead atoms. The number of hydrogen-bond acceptors (Lipinski definition) is 3. The van der Waals surface area contributed by atoms with Gasteiger partial charge in [0.05, 0.1) is 6.54 Å². The molecule has 2 rings (SSSR count). The molecule has 0 aliphatic heterocycles. The third kappa shape index (κ3) is 1.66. The molecule has 0 spiro atoms. The van der Waals surface area contributed by atoms with Crippen LogP contribution >= 0.6 is 0 Å². The smallest absolute Gasteiger partial charge is 0.147 e. The van der Waals surface area contributed by atoms with Crippen LogP contribution in [0.1, 0.15) is 43.4 Å². The summed E-state index contributed by atoms with van der Waals surface area (Å²) < 4.78 is 2.31. The SMILES string of the molecule is CNCc1nnc(C)n1C1CCCC1. The molecular weight excluding hydrogens is 176 g/mol. The van der Waals surface area contributed by atoms with E-state index in [1.807, 2.05) is 14.0 Å². The molecule has 4 heteroatoms. The van der Waals surface area contributed by atoms with Gasteiger partial charge in [0.1, 0.15) is 11.6 Å². The zero-order valence-corrected chi connectivity index (χ0v) is 8.95. The molecule has 1 saturated carbocycles. The van der Waals surface area contributed by atoms with Gasteiger partial charge < -0.3 is 9.88 Å². The van der Waals surface area contributed by atoms with E-state index in [9.17, 15) is 0 Å². The Morgan fingerprint density at radius 3 is 2.71 bits per heavy atom. The van der Waals surface area contributed by atoms with E-state index in [1.165, 1.54) is 25.7 Å². The van der Waals surface area contributed by atoms with Crippen molar-refractivity contribution in [1.29, 1.82) is 0 Å². The van der Waals surface area contributed by atoms with Crippen molar-refractivity contribution in [3.05, 3.63) is 11.6 Å². The molecule has 4 nitrogen and oxygen atoms in total. The van der Waals surface area contributed by atoms with Crippen LogP contribution in [0.15, 0.2) is 0 Å². The number of aromatic nitrogens is 3. The predicted molar refractivity (Wildman–Crippen MR) is 55.0 cm³/mol.